The first kappa shape index (κ1) is 9.20. The van der Waals surface area contributed by atoms with Crippen LogP contribution in [0.15, 0.2) is 0 Å². The molecule has 64 valence electrons. The topological polar surface area (TPSA) is 26.3 Å². The zero-order chi connectivity index (χ0) is 8.27. The Morgan fingerprint density at radius 1 is 1.55 bits per heavy atom. The lowest BCUT2D eigenvalue weighted by molar-refractivity contribution is -0.124. The average Bonchev–Trinajstić information content (AvgIpc) is 2.05. The standard InChI is InChI=1S/C8H13BrO2/c1-6(9)8(10)7-2-4-11-5-3-7/h6-7H,2-5H2,1H3/t6-/m0/s1. The van der Waals surface area contributed by atoms with E-state index in [1.165, 1.54) is 0 Å². The van der Waals surface area contributed by atoms with Gasteiger partial charge in [-0.2, -0.15) is 0 Å². The molecule has 1 fully saturated rings. The summed E-state index contributed by atoms with van der Waals surface area (Å²) < 4.78 is 5.16. The van der Waals surface area contributed by atoms with Crippen LogP contribution < -0.4 is 0 Å². The van der Waals surface area contributed by atoms with E-state index in [4.69, 9.17) is 4.74 Å². The lowest BCUT2D eigenvalue weighted by atomic mass is 9.94. The molecule has 11 heavy (non-hydrogen) atoms. The van der Waals surface area contributed by atoms with Gasteiger partial charge in [0.15, 0.2) is 0 Å². The third-order valence-electron chi connectivity index (χ3n) is 2.02. The molecule has 2 nitrogen and oxygen atoms in total. The van der Waals surface area contributed by atoms with E-state index in [2.05, 4.69) is 15.9 Å². The Kier molecular flexibility index (Phi) is 3.52. The van der Waals surface area contributed by atoms with Gasteiger partial charge in [0.25, 0.3) is 0 Å². The van der Waals surface area contributed by atoms with E-state index in [-0.39, 0.29) is 10.7 Å². The van der Waals surface area contributed by atoms with Crippen molar-refractivity contribution in [2.24, 2.45) is 5.92 Å². The van der Waals surface area contributed by atoms with Gasteiger partial charge < -0.3 is 4.74 Å². The van der Waals surface area contributed by atoms with Gasteiger partial charge in [-0.1, -0.05) is 15.9 Å². The van der Waals surface area contributed by atoms with Crippen molar-refractivity contribution in [1.29, 1.82) is 0 Å². The van der Waals surface area contributed by atoms with Gasteiger partial charge in [0.1, 0.15) is 5.78 Å². The van der Waals surface area contributed by atoms with Gasteiger partial charge >= 0.3 is 0 Å². The van der Waals surface area contributed by atoms with E-state index in [1.54, 1.807) is 0 Å². The van der Waals surface area contributed by atoms with Gasteiger partial charge in [-0.15, -0.1) is 0 Å². The first-order chi connectivity index (χ1) is 5.22. The second kappa shape index (κ2) is 4.21. The fourth-order valence-electron chi connectivity index (χ4n) is 1.31. The van der Waals surface area contributed by atoms with Crippen LogP contribution in [0.25, 0.3) is 0 Å². The lowest BCUT2D eigenvalue weighted by Crippen LogP contribution is -2.27. The molecule has 1 heterocycles. The largest absolute Gasteiger partial charge is 0.381 e. The maximum Gasteiger partial charge on any atom is 0.149 e. The number of ether oxygens (including phenoxy) is 1. The predicted octanol–water partition coefficient (Wildman–Crippen LogP) is 1.77. The maximum atomic E-state index is 11.4. The van der Waals surface area contributed by atoms with Gasteiger partial charge in [-0.05, 0) is 19.8 Å². The van der Waals surface area contributed by atoms with Crippen molar-refractivity contribution in [2.75, 3.05) is 13.2 Å². The molecular formula is C8H13BrO2. The van der Waals surface area contributed by atoms with Crippen LogP contribution in [0.2, 0.25) is 0 Å². The first-order valence-corrected chi connectivity index (χ1v) is 4.89. The minimum absolute atomic E-state index is 0.00519. The molecule has 0 N–H and O–H groups in total. The Labute approximate surface area is 75.4 Å². The fraction of sp³-hybridized carbons (Fsp3) is 0.875. The molecule has 0 unspecified atom stereocenters. The normalized spacial score (nSPS) is 23.1. The predicted molar refractivity (Wildman–Crippen MR) is 46.9 cm³/mol. The maximum absolute atomic E-state index is 11.4. The van der Waals surface area contributed by atoms with Crippen LogP contribution in [0.4, 0.5) is 0 Å². The van der Waals surface area contributed by atoms with Gasteiger partial charge in [-0.3, -0.25) is 4.79 Å². The summed E-state index contributed by atoms with van der Waals surface area (Å²) in [5, 5.41) is 0. The van der Waals surface area contributed by atoms with E-state index >= 15 is 0 Å². The molecule has 1 saturated heterocycles. The third-order valence-corrected chi connectivity index (χ3v) is 2.47. The molecule has 1 rings (SSSR count). The second-order valence-corrected chi connectivity index (χ2v) is 4.28. The summed E-state index contributed by atoms with van der Waals surface area (Å²) in [5.41, 5.74) is 0. The zero-order valence-electron chi connectivity index (χ0n) is 6.68. The summed E-state index contributed by atoms with van der Waals surface area (Å²) >= 11 is 3.28. The molecule has 0 amide bonds. The molecule has 3 heteroatoms. The van der Waals surface area contributed by atoms with Crippen molar-refractivity contribution < 1.29 is 9.53 Å². The number of carbonyl (C=O) groups excluding carboxylic acids is 1. The van der Waals surface area contributed by atoms with Crippen LogP contribution in [0, 0.1) is 5.92 Å². The average molecular weight is 221 g/mol. The fourth-order valence-corrected chi connectivity index (χ4v) is 1.68. The van der Waals surface area contributed by atoms with Crippen LogP contribution in [0.1, 0.15) is 19.8 Å². The van der Waals surface area contributed by atoms with Crippen LogP contribution >= 0.6 is 15.9 Å². The summed E-state index contributed by atoms with van der Waals surface area (Å²) in [7, 11) is 0. The molecule has 0 aromatic heterocycles. The summed E-state index contributed by atoms with van der Waals surface area (Å²) in [4.78, 5) is 11.4. The van der Waals surface area contributed by atoms with Crippen LogP contribution in [0.5, 0.6) is 0 Å². The Morgan fingerprint density at radius 2 is 2.09 bits per heavy atom. The van der Waals surface area contributed by atoms with Crippen molar-refractivity contribution in [3.63, 3.8) is 0 Å². The number of rotatable bonds is 2. The number of alkyl halides is 1. The van der Waals surface area contributed by atoms with Gasteiger partial charge in [0, 0.05) is 19.1 Å². The first-order valence-electron chi connectivity index (χ1n) is 3.97. The molecule has 1 aliphatic rings. The van der Waals surface area contributed by atoms with Crippen molar-refractivity contribution in [2.45, 2.75) is 24.6 Å². The number of hydrogen-bond acceptors (Lipinski definition) is 2. The highest BCUT2D eigenvalue weighted by Gasteiger charge is 2.23. The van der Waals surface area contributed by atoms with Gasteiger partial charge in [0.2, 0.25) is 0 Å². The summed E-state index contributed by atoms with van der Waals surface area (Å²) in [6.45, 7) is 3.38. The Morgan fingerprint density at radius 3 is 2.55 bits per heavy atom. The van der Waals surface area contributed by atoms with Crippen molar-refractivity contribution in [3.8, 4) is 0 Å². The van der Waals surface area contributed by atoms with E-state index in [0.717, 1.165) is 26.1 Å². The van der Waals surface area contributed by atoms with Crippen LogP contribution in [-0.4, -0.2) is 23.8 Å². The Hall–Kier alpha value is 0.110. The Balaban J connectivity index is 2.39. The minimum Gasteiger partial charge on any atom is -0.381 e. The van der Waals surface area contributed by atoms with Gasteiger partial charge in [0.05, 0.1) is 4.83 Å². The number of Topliss-reactive ketones (excluding diaryl/α,β-unsaturated/α-hetero) is 1. The van der Waals surface area contributed by atoms with Crippen molar-refractivity contribution >= 4 is 21.7 Å². The van der Waals surface area contributed by atoms with Crippen LogP contribution in [-0.2, 0) is 9.53 Å². The molecule has 1 aliphatic heterocycles. The molecular weight excluding hydrogens is 208 g/mol. The molecule has 0 spiro atoms. The SMILES string of the molecule is C[C@H](Br)C(=O)C1CCOCC1. The third kappa shape index (κ3) is 2.56. The highest BCUT2D eigenvalue weighted by Crippen LogP contribution is 2.19. The quantitative estimate of drug-likeness (QED) is 0.664. The molecule has 0 bridgehead atoms. The summed E-state index contributed by atoms with van der Waals surface area (Å²) in [6.07, 6.45) is 1.80. The molecule has 0 aromatic rings. The van der Waals surface area contributed by atoms with E-state index in [1.807, 2.05) is 6.92 Å². The number of halogens is 1. The lowest BCUT2D eigenvalue weighted by Gasteiger charge is -2.21. The van der Waals surface area contributed by atoms with Gasteiger partial charge in [-0.25, -0.2) is 0 Å². The molecule has 0 saturated carbocycles. The highest BCUT2D eigenvalue weighted by molar-refractivity contribution is 9.10. The number of carbonyl (C=O) groups is 1. The smallest absolute Gasteiger partial charge is 0.149 e. The molecule has 1 atom stereocenters. The zero-order valence-corrected chi connectivity index (χ0v) is 8.26. The highest BCUT2D eigenvalue weighted by atomic mass is 79.9. The molecule has 0 radical (unpaired) electrons. The summed E-state index contributed by atoms with van der Waals surface area (Å²) in [5.74, 6) is 0.562. The van der Waals surface area contributed by atoms with Crippen LogP contribution in [0.3, 0.4) is 0 Å². The second-order valence-electron chi connectivity index (χ2n) is 2.91. The van der Waals surface area contributed by atoms with E-state index in [0.29, 0.717) is 5.78 Å². The molecule has 0 aromatic carbocycles. The summed E-state index contributed by atoms with van der Waals surface area (Å²) in [6, 6.07) is 0. The monoisotopic (exact) mass is 220 g/mol. The van der Waals surface area contributed by atoms with E-state index in [9.17, 15) is 4.79 Å². The number of hydrogen-bond donors (Lipinski definition) is 0. The van der Waals surface area contributed by atoms with E-state index < -0.39 is 0 Å². The Bertz CT molecular complexity index is 139. The molecule has 0 aliphatic carbocycles. The minimum atomic E-state index is 0.00519. The number of ketones is 1. The van der Waals surface area contributed by atoms with Crippen molar-refractivity contribution in [1.82, 2.24) is 0 Å². The van der Waals surface area contributed by atoms with Crippen molar-refractivity contribution in [3.05, 3.63) is 0 Å².